The molecule has 7 unspecified atom stereocenters. The van der Waals surface area contributed by atoms with Crippen molar-refractivity contribution in [2.45, 2.75) is 40.0 Å². The standard InChI is InChI=1S/C13H18.C2H6/c1-7-4-10-6-11(7)13-9-3-2-8(5-9)12(10)13;1-2/h2-3,7-13H,4-6H2,1H3;1-2H3. The molecule has 3 saturated carbocycles. The molecule has 0 heterocycles. The van der Waals surface area contributed by atoms with E-state index in [4.69, 9.17) is 0 Å². The lowest BCUT2D eigenvalue weighted by Crippen LogP contribution is -2.29. The van der Waals surface area contributed by atoms with Gasteiger partial charge in [0, 0.05) is 0 Å². The number of rotatable bonds is 0. The third kappa shape index (κ3) is 1.14. The highest BCUT2D eigenvalue weighted by molar-refractivity contribution is 5.20. The Balaban J connectivity index is 0.000000343. The lowest BCUT2D eigenvalue weighted by molar-refractivity contribution is 0.160. The summed E-state index contributed by atoms with van der Waals surface area (Å²) in [5, 5.41) is 0. The first-order chi connectivity index (χ1) is 7.34. The van der Waals surface area contributed by atoms with E-state index < -0.39 is 0 Å². The zero-order chi connectivity index (χ0) is 10.6. The van der Waals surface area contributed by atoms with Crippen LogP contribution in [0.3, 0.4) is 0 Å². The van der Waals surface area contributed by atoms with Gasteiger partial charge < -0.3 is 0 Å². The molecule has 0 radical (unpaired) electrons. The van der Waals surface area contributed by atoms with Crippen molar-refractivity contribution in [3.05, 3.63) is 12.2 Å². The number of hydrogen-bond donors (Lipinski definition) is 0. The SMILES string of the molecule is CC.CC1CC2CC1C1C3C=CC(C3)C21. The monoisotopic (exact) mass is 204 g/mol. The largest absolute Gasteiger partial charge is 0.0848 e. The van der Waals surface area contributed by atoms with Gasteiger partial charge in [0.25, 0.3) is 0 Å². The van der Waals surface area contributed by atoms with Gasteiger partial charge in [-0.05, 0) is 60.7 Å². The second-order valence-electron chi connectivity index (χ2n) is 5.98. The molecule has 0 heteroatoms. The van der Waals surface area contributed by atoms with Crippen LogP contribution in [0.25, 0.3) is 0 Å². The molecule has 84 valence electrons. The molecule has 0 aliphatic heterocycles. The van der Waals surface area contributed by atoms with E-state index in [1.54, 1.807) is 12.8 Å². The van der Waals surface area contributed by atoms with Gasteiger partial charge in [-0.1, -0.05) is 32.9 Å². The van der Waals surface area contributed by atoms with Crippen LogP contribution >= 0.6 is 0 Å². The first-order valence-corrected chi connectivity index (χ1v) is 7.03. The zero-order valence-corrected chi connectivity index (χ0v) is 10.3. The normalized spacial score (nSPS) is 57.9. The number of allylic oxidation sites excluding steroid dienone is 2. The van der Waals surface area contributed by atoms with Gasteiger partial charge in [0.15, 0.2) is 0 Å². The Morgan fingerprint density at radius 3 is 2.27 bits per heavy atom. The summed E-state index contributed by atoms with van der Waals surface area (Å²) >= 11 is 0. The second kappa shape index (κ2) is 3.37. The maximum atomic E-state index is 2.54. The van der Waals surface area contributed by atoms with Crippen molar-refractivity contribution < 1.29 is 0 Å². The van der Waals surface area contributed by atoms with Crippen molar-refractivity contribution in [1.82, 2.24) is 0 Å². The van der Waals surface area contributed by atoms with Gasteiger partial charge in [0.05, 0.1) is 0 Å². The van der Waals surface area contributed by atoms with Crippen LogP contribution in [0, 0.1) is 41.4 Å². The fraction of sp³-hybridized carbons (Fsp3) is 0.867. The van der Waals surface area contributed by atoms with Crippen LogP contribution in [-0.2, 0) is 0 Å². The first kappa shape index (κ1) is 9.93. The Bertz CT molecular complexity index is 278. The fourth-order valence-corrected chi connectivity index (χ4v) is 5.35. The summed E-state index contributed by atoms with van der Waals surface area (Å²) in [6, 6.07) is 0. The fourth-order valence-electron chi connectivity index (χ4n) is 5.35. The predicted molar refractivity (Wildman–Crippen MR) is 64.4 cm³/mol. The molecule has 4 aliphatic rings. The zero-order valence-electron chi connectivity index (χ0n) is 10.3. The van der Waals surface area contributed by atoms with Gasteiger partial charge in [-0.25, -0.2) is 0 Å². The predicted octanol–water partition coefficient (Wildman–Crippen LogP) is 4.13. The summed E-state index contributed by atoms with van der Waals surface area (Å²) < 4.78 is 0. The molecule has 0 saturated heterocycles. The molecule has 4 rings (SSSR count). The Labute approximate surface area is 94.1 Å². The molecule has 0 aromatic rings. The van der Waals surface area contributed by atoms with Gasteiger partial charge in [0.1, 0.15) is 0 Å². The highest BCUT2D eigenvalue weighted by Crippen LogP contribution is 2.66. The Hall–Kier alpha value is -0.260. The van der Waals surface area contributed by atoms with Crippen molar-refractivity contribution in [2.24, 2.45) is 41.4 Å². The van der Waals surface area contributed by atoms with E-state index in [9.17, 15) is 0 Å². The highest BCUT2D eigenvalue weighted by atomic mass is 14.6. The molecule has 7 atom stereocenters. The summed E-state index contributed by atoms with van der Waals surface area (Å²) in [5.74, 6) is 7.59. The smallest absolute Gasteiger partial charge is 0.0194 e. The average Bonchev–Trinajstić information content (AvgIpc) is 2.97. The van der Waals surface area contributed by atoms with Crippen LogP contribution < -0.4 is 0 Å². The van der Waals surface area contributed by atoms with Crippen LogP contribution in [-0.4, -0.2) is 0 Å². The van der Waals surface area contributed by atoms with E-state index in [0.717, 1.165) is 41.4 Å². The third-order valence-corrected chi connectivity index (χ3v) is 5.60. The second-order valence-corrected chi connectivity index (χ2v) is 5.98. The maximum Gasteiger partial charge on any atom is -0.0194 e. The molecule has 0 aromatic heterocycles. The van der Waals surface area contributed by atoms with E-state index in [1.165, 1.54) is 6.42 Å². The summed E-state index contributed by atoms with van der Waals surface area (Å²) in [4.78, 5) is 0. The molecular weight excluding hydrogens is 180 g/mol. The van der Waals surface area contributed by atoms with Crippen LogP contribution in [0.2, 0.25) is 0 Å². The van der Waals surface area contributed by atoms with Gasteiger partial charge in [-0.2, -0.15) is 0 Å². The van der Waals surface area contributed by atoms with E-state index in [2.05, 4.69) is 19.1 Å². The Kier molecular flexibility index (Phi) is 2.23. The van der Waals surface area contributed by atoms with Gasteiger partial charge in [-0.15, -0.1) is 0 Å². The maximum absolute atomic E-state index is 2.54. The minimum Gasteiger partial charge on any atom is -0.0848 e. The molecule has 0 nitrogen and oxygen atoms in total. The van der Waals surface area contributed by atoms with E-state index >= 15 is 0 Å². The molecule has 15 heavy (non-hydrogen) atoms. The van der Waals surface area contributed by atoms with Gasteiger partial charge >= 0.3 is 0 Å². The van der Waals surface area contributed by atoms with Crippen LogP contribution in [0.5, 0.6) is 0 Å². The molecule has 0 spiro atoms. The van der Waals surface area contributed by atoms with Crippen molar-refractivity contribution >= 4 is 0 Å². The molecule has 4 bridgehead atoms. The Morgan fingerprint density at radius 1 is 0.867 bits per heavy atom. The molecule has 0 N–H and O–H groups in total. The minimum absolute atomic E-state index is 1.01. The lowest BCUT2D eigenvalue weighted by atomic mass is 9.70. The van der Waals surface area contributed by atoms with E-state index in [-0.39, 0.29) is 0 Å². The molecule has 3 fully saturated rings. The van der Waals surface area contributed by atoms with Crippen molar-refractivity contribution in [3.63, 3.8) is 0 Å². The summed E-state index contributed by atoms with van der Waals surface area (Å²) in [6.45, 7) is 6.50. The van der Waals surface area contributed by atoms with Gasteiger partial charge in [0.2, 0.25) is 0 Å². The summed E-state index contributed by atoms with van der Waals surface area (Å²) in [7, 11) is 0. The third-order valence-electron chi connectivity index (χ3n) is 5.60. The topological polar surface area (TPSA) is 0 Å². The van der Waals surface area contributed by atoms with Gasteiger partial charge in [-0.3, -0.25) is 0 Å². The molecule has 0 amide bonds. The lowest BCUT2D eigenvalue weighted by Gasteiger charge is -2.35. The van der Waals surface area contributed by atoms with Crippen molar-refractivity contribution in [3.8, 4) is 0 Å². The van der Waals surface area contributed by atoms with E-state index in [0.29, 0.717) is 0 Å². The average molecular weight is 204 g/mol. The highest BCUT2D eigenvalue weighted by Gasteiger charge is 2.59. The minimum atomic E-state index is 1.01. The van der Waals surface area contributed by atoms with Crippen molar-refractivity contribution in [1.29, 1.82) is 0 Å². The first-order valence-electron chi connectivity index (χ1n) is 7.03. The van der Waals surface area contributed by atoms with Crippen LogP contribution in [0.1, 0.15) is 40.0 Å². The molecular formula is C15H24. The summed E-state index contributed by atoms with van der Waals surface area (Å²) in [5.41, 5.74) is 0. The summed E-state index contributed by atoms with van der Waals surface area (Å²) in [6.07, 6.45) is 9.75. The molecule has 0 aromatic carbocycles. The van der Waals surface area contributed by atoms with Crippen LogP contribution in [0.15, 0.2) is 12.2 Å². The molecule has 4 aliphatic carbocycles. The van der Waals surface area contributed by atoms with Crippen molar-refractivity contribution in [2.75, 3.05) is 0 Å². The quantitative estimate of drug-likeness (QED) is 0.411. The van der Waals surface area contributed by atoms with Crippen LogP contribution in [0.4, 0.5) is 0 Å². The number of hydrogen-bond acceptors (Lipinski definition) is 0. The Morgan fingerprint density at radius 2 is 1.53 bits per heavy atom. The number of fused-ring (bicyclic) bond motifs is 9. The van der Waals surface area contributed by atoms with E-state index in [1.807, 2.05) is 13.8 Å².